The first-order valence-electron chi connectivity index (χ1n) is 12.1. The molecule has 0 bridgehead atoms. The van der Waals surface area contributed by atoms with Gasteiger partial charge in [0.1, 0.15) is 19.0 Å². The molecule has 0 radical (unpaired) electrons. The summed E-state index contributed by atoms with van der Waals surface area (Å²) in [5.74, 6) is 0.270. The van der Waals surface area contributed by atoms with Crippen LogP contribution in [0.3, 0.4) is 0 Å². The average Bonchev–Trinajstić information content (AvgIpc) is 3.53. The maximum absolute atomic E-state index is 13.4. The summed E-state index contributed by atoms with van der Waals surface area (Å²) in [6.07, 6.45) is 1.44. The van der Waals surface area contributed by atoms with Gasteiger partial charge in [-0.1, -0.05) is 0 Å². The highest BCUT2D eigenvalue weighted by Gasteiger charge is 2.47. The Morgan fingerprint density at radius 2 is 1.68 bits per heavy atom. The van der Waals surface area contributed by atoms with Crippen molar-refractivity contribution >= 4 is 17.4 Å². The molecule has 3 heterocycles. The van der Waals surface area contributed by atoms with E-state index >= 15 is 0 Å². The molecule has 5 rings (SSSR count). The quantitative estimate of drug-likeness (QED) is 0.340. The predicted octanol–water partition coefficient (Wildman–Crippen LogP) is 3.08. The lowest BCUT2D eigenvalue weighted by Gasteiger charge is -2.28. The number of ketones is 1. The van der Waals surface area contributed by atoms with Gasteiger partial charge in [-0.2, -0.15) is 0 Å². The Morgan fingerprint density at radius 1 is 0.973 bits per heavy atom. The van der Waals surface area contributed by atoms with Crippen LogP contribution < -0.4 is 23.7 Å². The van der Waals surface area contributed by atoms with Crippen molar-refractivity contribution in [3.8, 4) is 28.7 Å². The highest BCUT2D eigenvalue weighted by molar-refractivity contribution is 6.46. The summed E-state index contributed by atoms with van der Waals surface area (Å²) in [4.78, 5) is 28.2. The summed E-state index contributed by atoms with van der Waals surface area (Å²) in [6, 6.07) is 7.34. The number of benzene rings is 2. The molecule has 196 valence electrons. The van der Waals surface area contributed by atoms with E-state index in [0.29, 0.717) is 59.7 Å². The second-order valence-electron chi connectivity index (χ2n) is 8.90. The highest BCUT2D eigenvalue weighted by atomic mass is 16.6. The van der Waals surface area contributed by atoms with E-state index < -0.39 is 17.7 Å². The maximum atomic E-state index is 13.4. The van der Waals surface area contributed by atoms with Crippen molar-refractivity contribution in [2.75, 3.05) is 47.7 Å². The topological polar surface area (TPSA) is 113 Å². The van der Waals surface area contributed by atoms with Crippen molar-refractivity contribution in [2.45, 2.75) is 25.0 Å². The van der Waals surface area contributed by atoms with Crippen molar-refractivity contribution in [2.24, 2.45) is 0 Å². The van der Waals surface area contributed by atoms with Crippen LogP contribution in [0.2, 0.25) is 0 Å². The summed E-state index contributed by atoms with van der Waals surface area (Å²) < 4.78 is 33.5. The maximum Gasteiger partial charge on any atom is 0.295 e. The van der Waals surface area contributed by atoms with Crippen LogP contribution in [0.25, 0.3) is 5.76 Å². The molecule has 37 heavy (non-hydrogen) atoms. The molecule has 2 fully saturated rings. The molecule has 0 unspecified atom stereocenters. The second-order valence-corrected chi connectivity index (χ2v) is 8.90. The molecule has 2 aromatic rings. The van der Waals surface area contributed by atoms with E-state index in [1.165, 1.54) is 26.2 Å². The van der Waals surface area contributed by atoms with Gasteiger partial charge in [0.15, 0.2) is 23.0 Å². The average molecular weight is 512 g/mol. The van der Waals surface area contributed by atoms with Crippen LogP contribution in [0.1, 0.15) is 30.0 Å². The van der Waals surface area contributed by atoms with E-state index in [-0.39, 0.29) is 24.0 Å². The van der Waals surface area contributed by atoms with Gasteiger partial charge in [0, 0.05) is 18.7 Å². The number of carbonyl (C=O) groups is 2. The van der Waals surface area contributed by atoms with Crippen molar-refractivity contribution < 1.29 is 43.1 Å². The molecular weight excluding hydrogens is 482 g/mol. The zero-order chi connectivity index (χ0) is 26.1. The van der Waals surface area contributed by atoms with E-state index in [1.807, 2.05) is 0 Å². The monoisotopic (exact) mass is 511 g/mol. The summed E-state index contributed by atoms with van der Waals surface area (Å²) in [7, 11) is 4.46. The lowest BCUT2D eigenvalue weighted by Crippen LogP contribution is -2.36. The Kier molecular flexibility index (Phi) is 6.84. The molecule has 0 aliphatic carbocycles. The molecule has 1 amide bonds. The van der Waals surface area contributed by atoms with Gasteiger partial charge < -0.3 is 38.4 Å². The Bertz CT molecular complexity index is 1220. The van der Waals surface area contributed by atoms with E-state index in [0.717, 1.165) is 12.8 Å². The number of hydrogen-bond donors (Lipinski definition) is 1. The van der Waals surface area contributed by atoms with Gasteiger partial charge in [-0.25, -0.2) is 0 Å². The van der Waals surface area contributed by atoms with Crippen LogP contribution in [0.5, 0.6) is 28.7 Å². The molecule has 10 heteroatoms. The summed E-state index contributed by atoms with van der Waals surface area (Å²) in [5.41, 5.74) is 0.802. The van der Waals surface area contributed by atoms with Gasteiger partial charge >= 0.3 is 0 Å². The molecular formula is C27H29NO9. The lowest BCUT2D eigenvalue weighted by molar-refractivity contribution is -0.140. The number of ether oxygens (including phenoxy) is 6. The van der Waals surface area contributed by atoms with Gasteiger partial charge in [-0.15, -0.1) is 0 Å². The molecule has 2 aromatic carbocycles. The fraction of sp³-hybridized carbons (Fsp3) is 0.407. The number of amides is 1. The fourth-order valence-corrected chi connectivity index (χ4v) is 5.03. The molecule has 3 aliphatic heterocycles. The molecule has 0 aromatic heterocycles. The van der Waals surface area contributed by atoms with Crippen molar-refractivity contribution in [1.29, 1.82) is 0 Å². The smallest absolute Gasteiger partial charge is 0.295 e. The van der Waals surface area contributed by atoms with Gasteiger partial charge in [0.2, 0.25) is 5.75 Å². The molecule has 10 nitrogen and oxygen atoms in total. The summed E-state index contributed by atoms with van der Waals surface area (Å²) in [6.45, 7) is 1.59. The fourth-order valence-electron chi connectivity index (χ4n) is 5.03. The van der Waals surface area contributed by atoms with Gasteiger partial charge in [-0.05, 0) is 48.7 Å². The number of fused-ring (bicyclic) bond motifs is 1. The van der Waals surface area contributed by atoms with Crippen LogP contribution in [0.15, 0.2) is 35.9 Å². The summed E-state index contributed by atoms with van der Waals surface area (Å²) in [5, 5.41) is 11.4. The Morgan fingerprint density at radius 3 is 2.30 bits per heavy atom. The Labute approximate surface area is 214 Å². The Hall–Kier alpha value is -3.92. The van der Waals surface area contributed by atoms with Crippen LogP contribution in [-0.4, -0.2) is 75.5 Å². The van der Waals surface area contributed by atoms with Gasteiger partial charge in [-0.3, -0.25) is 9.59 Å². The Balaban J connectivity index is 1.66. The minimum Gasteiger partial charge on any atom is -0.507 e. The number of aliphatic hydroxyl groups is 1. The lowest BCUT2D eigenvalue weighted by atomic mass is 9.94. The van der Waals surface area contributed by atoms with Crippen LogP contribution in [0.4, 0.5) is 0 Å². The third-order valence-electron chi connectivity index (χ3n) is 6.78. The third kappa shape index (κ3) is 4.42. The van der Waals surface area contributed by atoms with Crippen LogP contribution >= 0.6 is 0 Å². The largest absolute Gasteiger partial charge is 0.507 e. The predicted molar refractivity (Wildman–Crippen MR) is 132 cm³/mol. The summed E-state index contributed by atoms with van der Waals surface area (Å²) >= 11 is 0. The van der Waals surface area contributed by atoms with Crippen LogP contribution in [-0.2, 0) is 14.3 Å². The van der Waals surface area contributed by atoms with Gasteiger partial charge in [0.25, 0.3) is 11.7 Å². The first-order valence-corrected chi connectivity index (χ1v) is 12.1. The van der Waals surface area contributed by atoms with Gasteiger partial charge in [0.05, 0.1) is 39.0 Å². The first kappa shape index (κ1) is 24.8. The highest BCUT2D eigenvalue weighted by Crippen LogP contribution is 2.46. The van der Waals surface area contributed by atoms with Crippen LogP contribution in [0, 0.1) is 0 Å². The first-order chi connectivity index (χ1) is 18.0. The van der Waals surface area contributed by atoms with Crippen molar-refractivity contribution in [1.82, 2.24) is 4.90 Å². The zero-order valence-electron chi connectivity index (χ0n) is 20.9. The second kappa shape index (κ2) is 10.2. The number of Topliss-reactive ketones (excluding diaryl/α,β-unsaturated/α-hetero) is 1. The van der Waals surface area contributed by atoms with E-state index in [4.69, 9.17) is 28.4 Å². The minimum absolute atomic E-state index is 0.0473. The molecule has 2 saturated heterocycles. The molecule has 2 atom stereocenters. The SMILES string of the molecule is COc1cc([C@@H]2C(=C(O)c3ccc4c(c3)OCCO4)C(=O)C(=O)N2C[C@H]2CCCO2)cc(OC)c1OC. The normalized spacial score (nSPS) is 22.3. The number of rotatable bonds is 7. The molecule has 0 saturated carbocycles. The molecule has 1 N–H and O–H groups in total. The third-order valence-corrected chi connectivity index (χ3v) is 6.78. The zero-order valence-corrected chi connectivity index (χ0v) is 20.9. The number of carbonyl (C=O) groups excluding carboxylic acids is 2. The van der Waals surface area contributed by atoms with E-state index in [2.05, 4.69) is 0 Å². The number of likely N-dealkylation sites (tertiary alicyclic amines) is 1. The molecule has 3 aliphatic rings. The van der Waals surface area contributed by atoms with E-state index in [9.17, 15) is 14.7 Å². The number of methoxy groups -OCH3 is 3. The standard InChI is InChI=1S/C27H29NO9/c1-32-20-12-16(13-21(33-2)26(20)34-3)23-22(25(30)27(31)28(23)14-17-5-4-8-35-17)24(29)15-6-7-18-19(11-15)37-10-9-36-18/h6-7,11-13,17,23,29H,4-5,8-10,14H2,1-3H3/t17-,23-/m1/s1. The number of hydrogen-bond acceptors (Lipinski definition) is 9. The van der Waals surface area contributed by atoms with Crippen molar-refractivity contribution in [3.63, 3.8) is 0 Å². The molecule has 0 spiro atoms. The number of nitrogens with zero attached hydrogens (tertiary/aromatic N) is 1. The van der Waals surface area contributed by atoms with Crippen molar-refractivity contribution in [3.05, 3.63) is 47.0 Å². The number of aliphatic hydroxyl groups excluding tert-OH is 1. The van der Waals surface area contributed by atoms with E-state index in [1.54, 1.807) is 30.3 Å². The minimum atomic E-state index is -0.911.